The van der Waals surface area contributed by atoms with Crippen LogP contribution in [0.1, 0.15) is 92.4 Å². The molecule has 19 heteroatoms. The molecule has 0 aromatic carbocycles. The molecule has 0 unspecified atom stereocenters. The summed E-state index contributed by atoms with van der Waals surface area (Å²) in [6.07, 6.45) is -13.8. The molecular weight excluding hydrogens is 844 g/mol. The van der Waals surface area contributed by atoms with E-state index in [1.165, 1.54) is 12.5 Å². The molecule has 0 aromatic rings. The third kappa shape index (κ3) is 8.06. The van der Waals surface area contributed by atoms with Gasteiger partial charge >= 0.3 is 0 Å². The Bertz CT molecular complexity index is 1660. The van der Waals surface area contributed by atoms with E-state index in [2.05, 4.69) is 19.9 Å². The number of hydrogen-bond acceptors (Lipinski definition) is 19. The minimum atomic E-state index is -1.67. The second-order valence-corrected chi connectivity index (χ2v) is 21.1. The zero-order valence-corrected chi connectivity index (χ0v) is 37.5. The molecule has 3 saturated carbocycles. The third-order valence-corrected chi connectivity index (χ3v) is 17.6. The van der Waals surface area contributed by atoms with Crippen LogP contribution in [0.3, 0.4) is 0 Å². The predicted octanol–water partition coefficient (Wildman–Crippen LogP) is -1.72. The van der Waals surface area contributed by atoms with Crippen molar-refractivity contribution in [1.29, 1.82) is 0 Å². The van der Waals surface area contributed by atoms with Crippen LogP contribution >= 0.6 is 0 Å². The Morgan fingerprint density at radius 2 is 1.38 bits per heavy atom. The molecule has 0 radical (unpaired) electrons. The Morgan fingerprint density at radius 1 is 0.734 bits per heavy atom. The molecule has 12 N–H and O–H groups in total. The molecule has 4 aliphatic carbocycles. The van der Waals surface area contributed by atoms with E-state index in [1.54, 1.807) is 0 Å². The van der Waals surface area contributed by atoms with Gasteiger partial charge in [-0.05, 0) is 87.4 Å². The molecule has 8 rings (SSSR count). The second kappa shape index (κ2) is 18.4. The van der Waals surface area contributed by atoms with Gasteiger partial charge in [0.1, 0.15) is 72.7 Å². The predicted molar refractivity (Wildman–Crippen MR) is 219 cm³/mol. The normalized spacial score (nSPS) is 55.5. The molecule has 8 aliphatic rings. The van der Waals surface area contributed by atoms with E-state index < -0.39 is 134 Å². The van der Waals surface area contributed by atoms with Crippen LogP contribution in [0, 0.1) is 40.4 Å². The lowest BCUT2D eigenvalue weighted by atomic mass is 9.46. The number of rotatable bonds is 12. The highest BCUT2D eigenvalue weighted by Crippen LogP contribution is 2.71. The van der Waals surface area contributed by atoms with Crippen molar-refractivity contribution in [2.24, 2.45) is 40.4 Å². The molecule has 19 nitrogen and oxygen atoms in total. The fourth-order valence-electron chi connectivity index (χ4n) is 13.4. The van der Waals surface area contributed by atoms with Gasteiger partial charge in [-0.25, -0.2) is 0 Å². The van der Waals surface area contributed by atoms with E-state index in [0.29, 0.717) is 31.6 Å². The first kappa shape index (κ1) is 49.4. The van der Waals surface area contributed by atoms with Gasteiger partial charge in [0.15, 0.2) is 24.7 Å². The lowest BCUT2D eigenvalue weighted by Crippen LogP contribution is -2.64. The van der Waals surface area contributed by atoms with Gasteiger partial charge < -0.3 is 94.4 Å². The molecule has 368 valence electrons. The van der Waals surface area contributed by atoms with Crippen molar-refractivity contribution in [1.82, 2.24) is 0 Å². The summed E-state index contributed by atoms with van der Waals surface area (Å²) in [4.78, 5) is 0. The van der Waals surface area contributed by atoms with E-state index in [1.807, 2.05) is 13.8 Å². The molecule has 0 spiro atoms. The first-order valence-corrected chi connectivity index (χ1v) is 23.5. The van der Waals surface area contributed by atoms with Crippen molar-refractivity contribution in [2.75, 3.05) is 19.8 Å². The number of aliphatic hydroxyl groups is 12. The van der Waals surface area contributed by atoms with Crippen molar-refractivity contribution in [3.63, 3.8) is 0 Å². The van der Waals surface area contributed by atoms with Gasteiger partial charge in [0, 0.05) is 17.8 Å². The first-order chi connectivity index (χ1) is 30.1. The van der Waals surface area contributed by atoms with Crippen molar-refractivity contribution in [3.8, 4) is 0 Å². The molecular formula is C45H74O19. The Balaban J connectivity index is 0.901. The van der Waals surface area contributed by atoms with Crippen molar-refractivity contribution < 1.29 is 94.4 Å². The number of fused-ring (bicyclic) bond motifs is 7. The Kier molecular flexibility index (Phi) is 14.2. The summed E-state index contributed by atoms with van der Waals surface area (Å²) in [5.74, 6) is -1.61. The highest BCUT2D eigenvalue weighted by atomic mass is 16.8. The van der Waals surface area contributed by atoms with E-state index in [0.717, 1.165) is 25.7 Å². The average molecular weight is 919 g/mol. The maximum absolute atomic E-state index is 12.8. The molecule has 7 fully saturated rings. The molecule has 0 bridgehead atoms. The smallest absolute Gasteiger partial charge is 0.187 e. The number of hydrogen-bond donors (Lipinski definition) is 12. The summed E-state index contributed by atoms with van der Waals surface area (Å²) in [6.45, 7) is 8.70. The molecule has 4 heterocycles. The summed E-state index contributed by atoms with van der Waals surface area (Å²) in [5.41, 5.74) is -0.710. The van der Waals surface area contributed by atoms with Crippen LogP contribution in [-0.4, -0.2) is 197 Å². The monoisotopic (exact) mass is 918 g/mol. The topological polar surface area (TPSA) is 307 Å². The van der Waals surface area contributed by atoms with Gasteiger partial charge in [-0.2, -0.15) is 0 Å². The van der Waals surface area contributed by atoms with Crippen molar-refractivity contribution in [3.05, 3.63) is 11.6 Å². The molecule has 4 aliphatic heterocycles. The summed E-state index contributed by atoms with van der Waals surface area (Å²) < 4.78 is 41.8. The Labute approximate surface area is 373 Å². The minimum absolute atomic E-state index is 0.101. The van der Waals surface area contributed by atoms with E-state index in [-0.39, 0.29) is 42.3 Å². The standard InChI is InChI=1S/C45H74O19/c1-19(18-58-39-36(54)34(52)31(49)27(16-46)61-39)8-13-44(56)21(3)45(57)29(64-44)15-26-24-7-6-22-14-23(9-11-42(22,4)25(24)10-12-43(26,45)5)60-41-38(35(53)32(50)28(17-47)62-41)63-40-37(55)33(51)30(48)20(2)59-40/h6,19-21,23-41,46-57H,7-18H2,1-5H3/t19-,20+,21-,23+,24-,25+,26+,27-,28-,29+,30+,31-,32-,33-,34+,35+,36-,37-,38-,39-,40-,41-,42+,43+,44-,45-/m1/s1. The maximum Gasteiger partial charge on any atom is 0.187 e. The van der Waals surface area contributed by atoms with Crippen molar-refractivity contribution in [2.45, 2.75) is 208 Å². The average Bonchev–Trinajstić information content (AvgIpc) is 3.62. The van der Waals surface area contributed by atoms with E-state index in [9.17, 15) is 61.3 Å². The highest BCUT2D eigenvalue weighted by molar-refractivity contribution is 5.29. The van der Waals surface area contributed by atoms with Gasteiger partial charge in [-0.1, -0.05) is 39.3 Å². The molecule has 0 aromatic heterocycles. The number of allylic oxidation sites excluding steroid dienone is 1. The van der Waals surface area contributed by atoms with Gasteiger partial charge in [-0.15, -0.1) is 0 Å². The first-order valence-electron chi connectivity index (χ1n) is 23.5. The fraction of sp³-hybridized carbons (Fsp3) is 0.956. The van der Waals surface area contributed by atoms with Gasteiger partial charge in [0.05, 0.1) is 38.1 Å². The Morgan fingerprint density at radius 3 is 2.06 bits per heavy atom. The van der Waals surface area contributed by atoms with Gasteiger partial charge in [-0.3, -0.25) is 0 Å². The number of ether oxygens (including phenoxy) is 7. The van der Waals surface area contributed by atoms with Crippen LogP contribution < -0.4 is 0 Å². The fourth-order valence-corrected chi connectivity index (χ4v) is 13.4. The SMILES string of the molecule is C[C@H](CC[C@@]1(O)O[C@H]2C[C@H]3[C@@H]4CC=C5C[C@@H](O[C@@H]6O[C@H](CO)[C@@H](O)[C@H](O)[C@H]6O[C@H]6O[C@@H](C)[C@H](O)[C@@H](O)[C@H]6O)CC[C@]5(C)[C@H]4CC[C@]3(C)[C@@]2(O)[C@@H]1C)CO[C@@H]1O[C@H](CO)[C@@H](O)[C@H](O)[C@H]1O. The summed E-state index contributed by atoms with van der Waals surface area (Å²) >= 11 is 0. The Hall–Kier alpha value is -1.02. The maximum atomic E-state index is 12.8. The van der Waals surface area contributed by atoms with Crippen LogP contribution in [0.5, 0.6) is 0 Å². The molecule has 64 heavy (non-hydrogen) atoms. The number of aliphatic hydroxyl groups excluding tert-OH is 10. The largest absolute Gasteiger partial charge is 0.394 e. The van der Waals surface area contributed by atoms with E-state index >= 15 is 0 Å². The zero-order chi connectivity index (χ0) is 46.4. The second-order valence-electron chi connectivity index (χ2n) is 21.1. The summed E-state index contributed by atoms with van der Waals surface area (Å²) in [5, 5.41) is 128. The molecule has 0 amide bonds. The summed E-state index contributed by atoms with van der Waals surface area (Å²) in [7, 11) is 0. The van der Waals surface area contributed by atoms with E-state index in [4.69, 9.17) is 33.2 Å². The summed E-state index contributed by atoms with van der Waals surface area (Å²) in [6, 6.07) is 0. The molecule has 4 saturated heterocycles. The van der Waals surface area contributed by atoms with Crippen LogP contribution in [0.2, 0.25) is 0 Å². The highest BCUT2D eigenvalue weighted by Gasteiger charge is 2.75. The minimum Gasteiger partial charge on any atom is -0.394 e. The van der Waals surface area contributed by atoms with Crippen molar-refractivity contribution >= 4 is 0 Å². The van der Waals surface area contributed by atoms with Crippen LogP contribution in [0.25, 0.3) is 0 Å². The van der Waals surface area contributed by atoms with Gasteiger partial charge in [0.2, 0.25) is 0 Å². The lowest BCUT2D eigenvalue weighted by molar-refractivity contribution is -0.369. The molecule has 26 atom stereocenters. The lowest BCUT2D eigenvalue weighted by Gasteiger charge is -2.59. The van der Waals surface area contributed by atoms with Crippen LogP contribution in [0.4, 0.5) is 0 Å². The van der Waals surface area contributed by atoms with Gasteiger partial charge in [0.25, 0.3) is 0 Å². The zero-order valence-electron chi connectivity index (χ0n) is 37.5. The van der Waals surface area contributed by atoms with Crippen LogP contribution in [0.15, 0.2) is 11.6 Å². The quantitative estimate of drug-likeness (QED) is 0.0970. The van der Waals surface area contributed by atoms with Crippen LogP contribution in [-0.2, 0) is 33.2 Å². The third-order valence-electron chi connectivity index (χ3n) is 17.6.